The van der Waals surface area contributed by atoms with Gasteiger partial charge in [0.1, 0.15) is 5.00 Å². The predicted molar refractivity (Wildman–Crippen MR) is 89.3 cm³/mol. The van der Waals surface area contributed by atoms with Crippen LogP contribution < -0.4 is 4.72 Å². The molecule has 1 N–H and O–H groups in total. The Kier molecular flexibility index (Phi) is 5.73. The summed E-state index contributed by atoms with van der Waals surface area (Å²) in [5.41, 5.74) is 2.45. The Labute approximate surface area is 139 Å². The number of sulfonamides is 1. The van der Waals surface area contributed by atoms with Gasteiger partial charge in [0.05, 0.1) is 17.0 Å². The highest BCUT2D eigenvalue weighted by Gasteiger charge is 2.22. The molecular weight excluding hydrogens is 336 g/mol. The molecule has 0 radical (unpaired) electrons. The van der Waals surface area contributed by atoms with E-state index in [4.69, 9.17) is 4.74 Å². The quantitative estimate of drug-likeness (QED) is 0.772. The second-order valence-corrected chi connectivity index (χ2v) is 7.29. The van der Waals surface area contributed by atoms with Crippen LogP contribution in [0.25, 0.3) is 0 Å². The minimum Gasteiger partial charge on any atom is -0.461 e. The van der Waals surface area contributed by atoms with E-state index >= 15 is 0 Å². The number of carbonyl (C=O) groups is 1. The van der Waals surface area contributed by atoms with Crippen molar-refractivity contribution in [3.8, 4) is 0 Å². The van der Waals surface area contributed by atoms with E-state index in [0.29, 0.717) is 0 Å². The van der Waals surface area contributed by atoms with Crippen LogP contribution in [0, 0.1) is 0 Å². The standard InChI is InChI=1S/C15H18N2O4S2/c1-3-5-11-6-8-12(9-7-11)23(19,20)17-14-13(16-10-22-14)15(18)21-4-2/h6-10,17H,3-5H2,1-2H3. The molecule has 0 aliphatic heterocycles. The lowest BCUT2D eigenvalue weighted by Gasteiger charge is -2.08. The minimum atomic E-state index is -3.77. The third-order valence-electron chi connectivity index (χ3n) is 3.04. The van der Waals surface area contributed by atoms with Gasteiger partial charge in [0.15, 0.2) is 5.69 Å². The molecule has 0 bridgehead atoms. The van der Waals surface area contributed by atoms with Crippen molar-refractivity contribution in [2.45, 2.75) is 31.6 Å². The number of hydrogen-bond donors (Lipinski definition) is 1. The van der Waals surface area contributed by atoms with Crippen molar-refractivity contribution >= 4 is 32.3 Å². The summed E-state index contributed by atoms with van der Waals surface area (Å²) in [4.78, 5) is 15.8. The summed E-state index contributed by atoms with van der Waals surface area (Å²) in [6.45, 7) is 3.93. The number of rotatable bonds is 7. The van der Waals surface area contributed by atoms with Crippen molar-refractivity contribution in [2.24, 2.45) is 0 Å². The van der Waals surface area contributed by atoms with Crippen molar-refractivity contribution in [1.29, 1.82) is 0 Å². The summed E-state index contributed by atoms with van der Waals surface area (Å²) in [5, 5.41) is 0.154. The third-order valence-corrected chi connectivity index (χ3v) is 5.27. The fourth-order valence-electron chi connectivity index (χ4n) is 1.97. The number of aryl methyl sites for hydroxylation is 1. The zero-order chi connectivity index (χ0) is 16.9. The molecule has 8 heteroatoms. The van der Waals surface area contributed by atoms with Crippen molar-refractivity contribution in [1.82, 2.24) is 4.98 Å². The molecule has 124 valence electrons. The first-order valence-electron chi connectivity index (χ1n) is 7.20. The number of benzene rings is 1. The van der Waals surface area contributed by atoms with Crippen molar-refractivity contribution in [3.05, 3.63) is 41.0 Å². The van der Waals surface area contributed by atoms with Crippen LogP contribution in [0.5, 0.6) is 0 Å². The van der Waals surface area contributed by atoms with Crippen LogP contribution in [0.3, 0.4) is 0 Å². The van der Waals surface area contributed by atoms with E-state index in [0.717, 1.165) is 29.7 Å². The van der Waals surface area contributed by atoms with Crippen LogP contribution >= 0.6 is 11.3 Å². The van der Waals surface area contributed by atoms with E-state index in [2.05, 4.69) is 16.6 Å². The van der Waals surface area contributed by atoms with Crippen LogP contribution in [0.15, 0.2) is 34.7 Å². The van der Waals surface area contributed by atoms with Gasteiger partial charge < -0.3 is 4.74 Å². The van der Waals surface area contributed by atoms with Gasteiger partial charge in [0.25, 0.3) is 10.0 Å². The summed E-state index contributed by atoms with van der Waals surface area (Å²) in [6.07, 6.45) is 1.89. The van der Waals surface area contributed by atoms with E-state index in [9.17, 15) is 13.2 Å². The molecule has 2 rings (SSSR count). The number of nitrogens with one attached hydrogen (secondary N) is 1. The normalized spacial score (nSPS) is 11.2. The largest absolute Gasteiger partial charge is 0.461 e. The van der Waals surface area contributed by atoms with Crippen molar-refractivity contribution < 1.29 is 17.9 Å². The molecule has 1 heterocycles. The lowest BCUT2D eigenvalue weighted by Crippen LogP contribution is -2.15. The fourth-order valence-corrected chi connectivity index (χ4v) is 3.95. The Hall–Kier alpha value is -1.93. The summed E-state index contributed by atoms with van der Waals surface area (Å²) in [6, 6.07) is 6.69. The molecule has 0 spiro atoms. The Morgan fingerprint density at radius 2 is 1.96 bits per heavy atom. The van der Waals surface area contributed by atoms with E-state index in [-0.39, 0.29) is 22.2 Å². The number of esters is 1. The van der Waals surface area contributed by atoms with E-state index < -0.39 is 16.0 Å². The Morgan fingerprint density at radius 1 is 1.26 bits per heavy atom. The van der Waals surface area contributed by atoms with Gasteiger partial charge in [0, 0.05) is 0 Å². The molecule has 6 nitrogen and oxygen atoms in total. The average molecular weight is 354 g/mol. The van der Waals surface area contributed by atoms with Gasteiger partial charge in [-0.2, -0.15) is 0 Å². The van der Waals surface area contributed by atoms with Crippen LogP contribution in [0.4, 0.5) is 5.00 Å². The monoisotopic (exact) mass is 354 g/mol. The SMILES string of the molecule is CCCc1ccc(S(=O)(=O)Nc2scnc2C(=O)OCC)cc1. The molecule has 2 aromatic rings. The topological polar surface area (TPSA) is 85.4 Å². The maximum atomic E-state index is 12.4. The number of carbonyl (C=O) groups excluding carboxylic acids is 1. The zero-order valence-electron chi connectivity index (χ0n) is 12.9. The molecule has 0 unspecified atom stereocenters. The molecule has 0 saturated heterocycles. The molecule has 0 aliphatic carbocycles. The number of anilines is 1. The zero-order valence-corrected chi connectivity index (χ0v) is 14.5. The number of hydrogen-bond acceptors (Lipinski definition) is 6. The van der Waals surface area contributed by atoms with Gasteiger partial charge in [-0.05, 0) is 31.0 Å². The molecule has 1 aromatic heterocycles. The smallest absolute Gasteiger partial charge is 0.360 e. The van der Waals surface area contributed by atoms with Crippen LogP contribution in [0.1, 0.15) is 36.3 Å². The van der Waals surface area contributed by atoms with Gasteiger partial charge in [-0.3, -0.25) is 4.72 Å². The number of thiazole rings is 1. The molecule has 0 fully saturated rings. The molecular formula is C15H18N2O4S2. The molecule has 23 heavy (non-hydrogen) atoms. The lowest BCUT2D eigenvalue weighted by molar-refractivity contribution is 0.0521. The summed E-state index contributed by atoms with van der Waals surface area (Å²) >= 11 is 1.03. The maximum absolute atomic E-state index is 12.4. The number of ether oxygens (including phenoxy) is 1. The molecule has 0 atom stereocenters. The van der Waals surface area contributed by atoms with E-state index in [1.807, 2.05) is 0 Å². The fraction of sp³-hybridized carbons (Fsp3) is 0.333. The molecule has 0 saturated carbocycles. The van der Waals surface area contributed by atoms with Crippen molar-refractivity contribution in [3.63, 3.8) is 0 Å². The van der Waals surface area contributed by atoms with Gasteiger partial charge >= 0.3 is 5.97 Å². The first-order chi connectivity index (χ1) is 11.0. The second kappa shape index (κ2) is 7.56. The van der Waals surface area contributed by atoms with Gasteiger partial charge in [0.2, 0.25) is 0 Å². The summed E-state index contributed by atoms with van der Waals surface area (Å²) < 4.78 is 32.1. The lowest BCUT2D eigenvalue weighted by atomic mass is 10.1. The van der Waals surface area contributed by atoms with Gasteiger partial charge in [-0.1, -0.05) is 25.5 Å². The molecule has 1 aromatic carbocycles. The first kappa shape index (κ1) is 17.4. The molecule has 0 aliphatic rings. The Bertz CT molecular complexity index is 767. The predicted octanol–water partition coefficient (Wildman–Crippen LogP) is 3.07. The Balaban J connectivity index is 2.22. The number of nitrogens with zero attached hydrogens (tertiary/aromatic N) is 1. The highest BCUT2D eigenvalue weighted by Crippen LogP contribution is 2.25. The third kappa shape index (κ3) is 4.29. The molecule has 0 amide bonds. The highest BCUT2D eigenvalue weighted by molar-refractivity contribution is 7.93. The van der Waals surface area contributed by atoms with Crippen LogP contribution in [-0.2, 0) is 21.2 Å². The summed E-state index contributed by atoms with van der Waals surface area (Å²) in [7, 11) is -3.77. The summed E-state index contributed by atoms with van der Waals surface area (Å²) in [5.74, 6) is -0.648. The maximum Gasteiger partial charge on any atom is 0.360 e. The van der Waals surface area contributed by atoms with E-state index in [1.54, 1.807) is 31.2 Å². The van der Waals surface area contributed by atoms with Gasteiger partial charge in [-0.25, -0.2) is 18.2 Å². The number of aromatic nitrogens is 1. The minimum absolute atomic E-state index is 0.0250. The second-order valence-electron chi connectivity index (χ2n) is 4.75. The van der Waals surface area contributed by atoms with Crippen LogP contribution in [0.2, 0.25) is 0 Å². The van der Waals surface area contributed by atoms with E-state index in [1.165, 1.54) is 5.51 Å². The average Bonchev–Trinajstić information content (AvgIpc) is 2.96. The highest BCUT2D eigenvalue weighted by atomic mass is 32.2. The van der Waals surface area contributed by atoms with Crippen LogP contribution in [-0.4, -0.2) is 26.0 Å². The Morgan fingerprint density at radius 3 is 2.57 bits per heavy atom. The first-order valence-corrected chi connectivity index (χ1v) is 9.56. The van der Waals surface area contributed by atoms with Crippen molar-refractivity contribution in [2.75, 3.05) is 11.3 Å². The van der Waals surface area contributed by atoms with Gasteiger partial charge in [-0.15, -0.1) is 11.3 Å².